The maximum atomic E-state index is 13.3. The van der Waals surface area contributed by atoms with Gasteiger partial charge in [-0.2, -0.15) is 0 Å². The van der Waals surface area contributed by atoms with Crippen LogP contribution in [0.1, 0.15) is 32.3 Å². The monoisotopic (exact) mass is 306 g/mol. The Hall–Kier alpha value is -1.91. The number of halogens is 1. The summed E-state index contributed by atoms with van der Waals surface area (Å²) in [4.78, 5) is 0. The summed E-state index contributed by atoms with van der Waals surface area (Å²) in [5.74, 6) is -1.03. The lowest BCUT2D eigenvalue weighted by Crippen LogP contribution is -2.12. The molecule has 1 aromatic rings. The molecule has 1 aromatic carbocycles. The van der Waals surface area contributed by atoms with E-state index in [1.807, 2.05) is 13.0 Å². The molecule has 4 heteroatoms. The number of aliphatic hydroxyl groups excluding tert-OH is 2. The standard InChI is InChI=1S/C18H23FO3/c1-12(2)15(8-9-20)17(21)6-4-13(3)10-14-5-7-18(22)16(19)11-14/h5,7-8,10-11,17,20-22H,1,4,6,9H2,2-3H3/b13-10+,15-8-. The second kappa shape index (κ2) is 8.51. The number of hydrogen-bond donors (Lipinski definition) is 3. The Morgan fingerprint density at radius 2 is 2.05 bits per heavy atom. The lowest BCUT2D eigenvalue weighted by molar-refractivity contribution is 0.201. The molecule has 0 aliphatic carbocycles. The number of aromatic hydroxyl groups is 1. The summed E-state index contributed by atoms with van der Waals surface area (Å²) in [6.07, 6.45) is 3.79. The first-order chi connectivity index (χ1) is 10.3. The zero-order valence-corrected chi connectivity index (χ0v) is 13.0. The smallest absolute Gasteiger partial charge is 0.165 e. The molecule has 3 nitrogen and oxygen atoms in total. The van der Waals surface area contributed by atoms with Gasteiger partial charge in [0, 0.05) is 0 Å². The van der Waals surface area contributed by atoms with Gasteiger partial charge in [-0.3, -0.25) is 0 Å². The summed E-state index contributed by atoms with van der Waals surface area (Å²) in [5, 5.41) is 28.3. The molecule has 22 heavy (non-hydrogen) atoms. The van der Waals surface area contributed by atoms with Crippen LogP contribution in [0.3, 0.4) is 0 Å². The molecule has 0 bridgehead atoms. The normalized spacial score (nSPS) is 14.0. The first-order valence-electron chi connectivity index (χ1n) is 7.15. The van der Waals surface area contributed by atoms with E-state index in [1.165, 1.54) is 12.1 Å². The number of hydrogen-bond acceptors (Lipinski definition) is 3. The van der Waals surface area contributed by atoms with Crippen LogP contribution < -0.4 is 0 Å². The van der Waals surface area contributed by atoms with Gasteiger partial charge in [0.05, 0.1) is 12.7 Å². The Balaban J connectivity index is 2.70. The fourth-order valence-corrected chi connectivity index (χ4v) is 2.18. The number of phenolic OH excluding ortho intramolecular Hbond substituents is 1. The van der Waals surface area contributed by atoms with Crippen molar-refractivity contribution in [3.05, 3.63) is 59.0 Å². The molecule has 120 valence electrons. The van der Waals surface area contributed by atoms with Crippen molar-refractivity contribution in [3.8, 4) is 5.75 Å². The Labute approximate surface area is 130 Å². The van der Waals surface area contributed by atoms with Crippen molar-refractivity contribution in [2.75, 3.05) is 6.61 Å². The summed E-state index contributed by atoms with van der Waals surface area (Å²) in [6, 6.07) is 4.20. The molecular formula is C18H23FO3. The lowest BCUT2D eigenvalue weighted by Gasteiger charge is -2.15. The summed E-state index contributed by atoms with van der Waals surface area (Å²) < 4.78 is 13.3. The van der Waals surface area contributed by atoms with Gasteiger partial charge in [0.2, 0.25) is 0 Å². The maximum Gasteiger partial charge on any atom is 0.165 e. The van der Waals surface area contributed by atoms with Gasteiger partial charge in [-0.15, -0.1) is 0 Å². The summed E-state index contributed by atoms with van der Waals surface area (Å²) >= 11 is 0. The van der Waals surface area contributed by atoms with Crippen LogP contribution in [-0.4, -0.2) is 28.0 Å². The third-order valence-corrected chi connectivity index (χ3v) is 3.36. The van der Waals surface area contributed by atoms with Crippen LogP contribution >= 0.6 is 0 Å². The first-order valence-corrected chi connectivity index (χ1v) is 7.15. The van der Waals surface area contributed by atoms with Crippen molar-refractivity contribution in [1.29, 1.82) is 0 Å². The van der Waals surface area contributed by atoms with Crippen LogP contribution in [0.5, 0.6) is 5.75 Å². The van der Waals surface area contributed by atoms with Crippen LogP contribution in [0, 0.1) is 5.82 Å². The van der Waals surface area contributed by atoms with Crippen LogP contribution in [0.25, 0.3) is 6.08 Å². The van der Waals surface area contributed by atoms with E-state index in [4.69, 9.17) is 10.2 Å². The van der Waals surface area contributed by atoms with Crippen molar-refractivity contribution < 1.29 is 19.7 Å². The van der Waals surface area contributed by atoms with Gasteiger partial charge in [-0.05, 0) is 50.0 Å². The highest BCUT2D eigenvalue weighted by Gasteiger charge is 2.11. The summed E-state index contributed by atoms with van der Waals surface area (Å²) in [6.45, 7) is 7.33. The molecule has 3 N–H and O–H groups in total. The number of phenols is 1. The van der Waals surface area contributed by atoms with E-state index in [1.54, 1.807) is 19.1 Å². The van der Waals surface area contributed by atoms with E-state index in [9.17, 15) is 9.50 Å². The SMILES string of the molecule is C=C(C)/C(=C/CO)C(O)CC/C(C)=C/c1ccc(O)c(F)c1. The van der Waals surface area contributed by atoms with Gasteiger partial charge in [-0.25, -0.2) is 4.39 Å². The Morgan fingerprint density at radius 1 is 1.36 bits per heavy atom. The largest absolute Gasteiger partial charge is 0.505 e. The molecule has 0 spiro atoms. The van der Waals surface area contributed by atoms with Crippen molar-refractivity contribution in [2.45, 2.75) is 32.8 Å². The van der Waals surface area contributed by atoms with Crippen LogP contribution in [-0.2, 0) is 0 Å². The minimum Gasteiger partial charge on any atom is -0.505 e. The van der Waals surface area contributed by atoms with E-state index >= 15 is 0 Å². The fraction of sp³-hybridized carbons (Fsp3) is 0.333. The molecule has 0 saturated carbocycles. The van der Waals surface area contributed by atoms with Crippen molar-refractivity contribution >= 4 is 6.08 Å². The van der Waals surface area contributed by atoms with E-state index in [0.717, 1.165) is 11.1 Å². The number of benzene rings is 1. The quantitative estimate of drug-likeness (QED) is 0.675. The average molecular weight is 306 g/mol. The predicted molar refractivity (Wildman–Crippen MR) is 86.9 cm³/mol. The fourth-order valence-electron chi connectivity index (χ4n) is 2.18. The molecule has 0 aliphatic rings. The maximum absolute atomic E-state index is 13.3. The van der Waals surface area contributed by atoms with E-state index in [2.05, 4.69) is 6.58 Å². The zero-order chi connectivity index (χ0) is 16.7. The van der Waals surface area contributed by atoms with E-state index in [0.29, 0.717) is 24.0 Å². The van der Waals surface area contributed by atoms with Crippen molar-refractivity contribution in [3.63, 3.8) is 0 Å². The highest BCUT2D eigenvalue weighted by atomic mass is 19.1. The molecule has 0 amide bonds. The van der Waals surface area contributed by atoms with Gasteiger partial charge < -0.3 is 15.3 Å². The Kier molecular flexibility index (Phi) is 7.02. The predicted octanol–water partition coefficient (Wildman–Crippen LogP) is 3.57. The number of rotatable bonds is 7. The van der Waals surface area contributed by atoms with Gasteiger partial charge in [-0.1, -0.05) is 35.9 Å². The number of allylic oxidation sites excluding steroid dienone is 1. The molecule has 1 rings (SSSR count). The van der Waals surface area contributed by atoms with Gasteiger partial charge >= 0.3 is 0 Å². The zero-order valence-electron chi connectivity index (χ0n) is 13.0. The van der Waals surface area contributed by atoms with Gasteiger partial charge in [0.15, 0.2) is 11.6 Å². The third-order valence-electron chi connectivity index (χ3n) is 3.36. The Morgan fingerprint density at radius 3 is 2.59 bits per heavy atom. The third kappa shape index (κ3) is 5.47. The lowest BCUT2D eigenvalue weighted by atomic mass is 9.96. The highest BCUT2D eigenvalue weighted by molar-refractivity contribution is 5.53. The van der Waals surface area contributed by atoms with Crippen molar-refractivity contribution in [1.82, 2.24) is 0 Å². The van der Waals surface area contributed by atoms with Gasteiger partial charge in [0.25, 0.3) is 0 Å². The topological polar surface area (TPSA) is 60.7 Å². The molecule has 0 saturated heterocycles. The molecule has 0 aromatic heterocycles. The minimum atomic E-state index is -0.690. The summed E-state index contributed by atoms with van der Waals surface area (Å²) in [5.41, 5.74) is 3.01. The van der Waals surface area contributed by atoms with Crippen LogP contribution in [0.15, 0.2) is 47.6 Å². The van der Waals surface area contributed by atoms with Crippen LogP contribution in [0.4, 0.5) is 4.39 Å². The molecule has 1 atom stereocenters. The molecule has 0 heterocycles. The highest BCUT2D eigenvalue weighted by Crippen LogP contribution is 2.21. The second-order valence-corrected chi connectivity index (χ2v) is 5.38. The molecule has 1 unspecified atom stereocenters. The van der Waals surface area contributed by atoms with Gasteiger partial charge in [0.1, 0.15) is 0 Å². The first kappa shape index (κ1) is 18.1. The van der Waals surface area contributed by atoms with Crippen molar-refractivity contribution in [2.24, 2.45) is 0 Å². The van der Waals surface area contributed by atoms with E-state index < -0.39 is 11.9 Å². The summed E-state index contributed by atoms with van der Waals surface area (Å²) in [7, 11) is 0. The molecule has 0 aliphatic heterocycles. The average Bonchev–Trinajstić information content (AvgIpc) is 2.45. The second-order valence-electron chi connectivity index (χ2n) is 5.38. The molecule has 0 fully saturated rings. The number of aliphatic hydroxyl groups is 2. The van der Waals surface area contributed by atoms with Crippen LogP contribution in [0.2, 0.25) is 0 Å². The molecular weight excluding hydrogens is 283 g/mol. The minimum absolute atomic E-state index is 0.138. The Bertz CT molecular complexity index is 588. The van der Waals surface area contributed by atoms with E-state index in [-0.39, 0.29) is 12.4 Å². The molecule has 0 radical (unpaired) electrons.